The third-order valence-electron chi connectivity index (χ3n) is 3.14. The fraction of sp³-hybridized carbons (Fsp3) is 0.250. The molecule has 1 unspecified atom stereocenters. The predicted molar refractivity (Wildman–Crippen MR) is 87.4 cm³/mol. The van der Waals surface area contributed by atoms with Crippen LogP contribution in [-0.2, 0) is 0 Å². The highest BCUT2D eigenvalue weighted by Crippen LogP contribution is 2.37. The van der Waals surface area contributed by atoms with E-state index in [-0.39, 0.29) is 4.83 Å². The van der Waals surface area contributed by atoms with Gasteiger partial charge in [-0.3, -0.25) is 0 Å². The van der Waals surface area contributed by atoms with E-state index in [0.29, 0.717) is 0 Å². The second kappa shape index (κ2) is 6.10. The molecule has 2 aromatic carbocycles. The number of alkyl halides is 1. The van der Waals surface area contributed by atoms with Crippen LogP contribution in [0.1, 0.15) is 27.1 Å². The molecule has 0 saturated heterocycles. The minimum atomic E-state index is 0.173. The minimum absolute atomic E-state index is 0.173. The van der Waals surface area contributed by atoms with E-state index in [0.717, 1.165) is 15.8 Å². The van der Waals surface area contributed by atoms with E-state index in [4.69, 9.17) is 4.74 Å². The smallest absolute Gasteiger partial charge is 0.121 e. The van der Waals surface area contributed by atoms with Gasteiger partial charge in [0.15, 0.2) is 0 Å². The molecule has 0 bridgehead atoms. The molecule has 0 radical (unpaired) electrons. The summed E-state index contributed by atoms with van der Waals surface area (Å²) in [6, 6.07) is 12.7. The molecule has 2 aromatic rings. The van der Waals surface area contributed by atoms with Gasteiger partial charge in [-0.15, -0.1) is 0 Å². The van der Waals surface area contributed by atoms with Gasteiger partial charge in [0.1, 0.15) is 5.75 Å². The average molecular weight is 384 g/mol. The van der Waals surface area contributed by atoms with Crippen molar-refractivity contribution in [3.63, 3.8) is 0 Å². The Morgan fingerprint density at radius 2 is 1.79 bits per heavy atom. The van der Waals surface area contributed by atoms with Crippen LogP contribution in [0.3, 0.4) is 0 Å². The van der Waals surface area contributed by atoms with E-state index in [2.05, 4.69) is 76.0 Å². The van der Waals surface area contributed by atoms with Crippen molar-refractivity contribution >= 4 is 31.9 Å². The number of benzene rings is 2. The minimum Gasteiger partial charge on any atom is -0.496 e. The van der Waals surface area contributed by atoms with Gasteiger partial charge in [0, 0.05) is 4.47 Å². The fourth-order valence-electron chi connectivity index (χ4n) is 2.08. The van der Waals surface area contributed by atoms with Gasteiger partial charge in [-0.05, 0) is 48.2 Å². The van der Waals surface area contributed by atoms with E-state index in [9.17, 15) is 0 Å². The molecule has 0 heterocycles. The Morgan fingerprint density at radius 1 is 1.05 bits per heavy atom. The summed E-state index contributed by atoms with van der Waals surface area (Å²) in [5.74, 6) is 0.923. The van der Waals surface area contributed by atoms with E-state index in [1.807, 2.05) is 6.07 Å². The molecule has 2 rings (SSSR count). The SMILES string of the molecule is COc1ccc(C(Br)c2ccc(C)cc2Br)cc1C. The van der Waals surface area contributed by atoms with Crippen molar-refractivity contribution in [3.05, 3.63) is 63.1 Å². The van der Waals surface area contributed by atoms with E-state index in [1.165, 1.54) is 16.7 Å². The Labute approximate surface area is 131 Å². The molecule has 1 atom stereocenters. The number of methoxy groups -OCH3 is 1. The molecule has 0 aliphatic rings. The maximum absolute atomic E-state index is 5.30. The van der Waals surface area contributed by atoms with Gasteiger partial charge >= 0.3 is 0 Å². The number of halogens is 2. The molecule has 3 heteroatoms. The number of hydrogen-bond acceptors (Lipinski definition) is 1. The van der Waals surface area contributed by atoms with Crippen molar-refractivity contribution in [2.45, 2.75) is 18.7 Å². The molecule has 0 amide bonds. The summed E-state index contributed by atoms with van der Waals surface area (Å²) in [5, 5.41) is 0. The molecule has 100 valence electrons. The van der Waals surface area contributed by atoms with Crippen LogP contribution in [0.2, 0.25) is 0 Å². The van der Waals surface area contributed by atoms with Gasteiger partial charge in [0.2, 0.25) is 0 Å². The fourth-order valence-corrected chi connectivity index (χ4v) is 3.79. The number of hydrogen-bond donors (Lipinski definition) is 0. The van der Waals surface area contributed by atoms with Crippen LogP contribution in [-0.4, -0.2) is 7.11 Å². The summed E-state index contributed by atoms with van der Waals surface area (Å²) < 4.78 is 6.43. The maximum Gasteiger partial charge on any atom is 0.121 e. The van der Waals surface area contributed by atoms with Crippen LogP contribution in [0.25, 0.3) is 0 Å². The molecule has 0 spiro atoms. The van der Waals surface area contributed by atoms with Crippen LogP contribution in [0.4, 0.5) is 0 Å². The standard InChI is InChI=1S/C16H16Br2O/c1-10-4-6-13(14(17)8-10)16(18)12-5-7-15(19-3)11(2)9-12/h4-9,16H,1-3H3. The van der Waals surface area contributed by atoms with Gasteiger partial charge in [-0.25, -0.2) is 0 Å². The zero-order valence-corrected chi connectivity index (χ0v) is 14.4. The monoisotopic (exact) mass is 382 g/mol. The van der Waals surface area contributed by atoms with Gasteiger partial charge in [-0.1, -0.05) is 56.1 Å². The molecule has 0 aromatic heterocycles. The molecule has 0 saturated carbocycles. The van der Waals surface area contributed by atoms with Crippen molar-refractivity contribution < 1.29 is 4.74 Å². The van der Waals surface area contributed by atoms with E-state index >= 15 is 0 Å². The first kappa shape index (κ1) is 14.6. The van der Waals surface area contributed by atoms with Crippen LogP contribution < -0.4 is 4.74 Å². The third-order valence-corrected chi connectivity index (χ3v) is 4.85. The summed E-state index contributed by atoms with van der Waals surface area (Å²) in [5.41, 5.74) is 4.85. The van der Waals surface area contributed by atoms with Crippen molar-refractivity contribution in [1.29, 1.82) is 0 Å². The second-order valence-corrected chi connectivity index (χ2v) is 6.39. The highest BCUT2D eigenvalue weighted by molar-refractivity contribution is 9.11. The summed E-state index contributed by atoms with van der Waals surface area (Å²) in [6.07, 6.45) is 0. The molecular formula is C16H16Br2O. The second-order valence-electron chi connectivity index (χ2n) is 4.62. The van der Waals surface area contributed by atoms with Gasteiger partial charge in [0.25, 0.3) is 0 Å². The molecular weight excluding hydrogens is 368 g/mol. The molecule has 0 aliphatic carbocycles. The normalized spacial score (nSPS) is 12.3. The highest BCUT2D eigenvalue weighted by atomic mass is 79.9. The first-order valence-corrected chi connectivity index (χ1v) is 7.78. The molecule has 0 aliphatic heterocycles. The maximum atomic E-state index is 5.30. The Kier molecular flexibility index (Phi) is 4.69. The Balaban J connectivity index is 2.38. The van der Waals surface area contributed by atoms with Crippen LogP contribution in [0, 0.1) is 13.8 Å². The van der Waals surface area contributed by atoms with Crippen molar-refractivity contribution in [3.8, 4) is 5.75 Å². The first-order chi connectivity index (χ1) is 9.02. The summed E-state index contributed by atoms with van der Waals surface area (Å²) in [7, 11) is 1.70. The molecule has 0 fully saturated rings. The number of ether oxygens (including phenoxy) is 1. The summed E-state index contributed by atoms with van der Waals surface area (Å²) in [6.45, 7) is 4.15. The summed E-state index contributed by atoms with van der Waals surface area (Å²) in [4.78, 5) is 0.173. The Bertz CT molecular complexity index is 593. The van der Waals surface area contributed by atoms with Crippen LogP contribution in [0.5, 0.6) is 5.75 Å². The number of aryl methyl sites for hydroxylation is 2. The lowest BCUT2D eigenvalue weighted by Crippen LogP contribution is -1.96. The lowest BCUT2D eigenvalue weighted by Gasteiger charge is -2.15. The largest absolute Gasteiger partial charge is 0.496 e. The van der Waals surface area contributed by atoms with Gasteiger partial charge in [-0.2, -0.15) is 0 Å². The predicted octanol–water partition coefficient (Wildman–Crippen LogP) is 5.56. The van der Waals surface area contributed by atoms with E-state index < -0.39 is 0 Å². The zero-order valence-electron chi connectivity index (χ0n) is 11.2. The Morgan fingerprint density at radius 3 is 2.37 bits per heavy atom. The zero-order chi connectivity index (χ0) is 14.0. The van der Waals surface area contributed by atoms with Crippen LogP contribution in [0.15, 0.2) is 40.9 Å². The summed E-state index contributed by atoms with van der Waals surface area (Å²) >= 11 is 7.42. The average Bonchev–Trinajstić information content (AvgIpc) is 2.38. The first-order valence-electron chi connectivity index (χ1n) is 6.07. The molecule has 0 N–H and O–H groups in total. The highest BCUT2D eigenvalue weighted by Gasteiger charge is 2.14. The van der Waals surface area contributed by atoms with Crippen molar-refractivity contribution in [2.75, 3.05) is 7.11 Å². The lowest BCUT2D eigenvalue weighted by molar-refractivity contribution is 0.411. The van der Waals surface area contributed by atoms with E-state index in [1.54, 1.807) is 7.11 Å². The molecule has 19 heavy (non-hydrogen) atoms. The third kappa shape index (κ3) is 3.21. The molecule has 1 nitrogen and oxygen atoms in total. The number of rotatable bonds is 3. The lowest BCUT2D eigenvalue weighted by atomic mass is 10.0. The van der Waals surface area contributed by atoms with Gasteiger partial charge < -0.3 is 4.74 Å². The Hall–Kier alpha value is -0.800. The quantitative estimate of drug-likeness (QED) is 0.630. The van der Waals surface area contributed by atoms with Crippen molar-refractivity contribution in [1.82, 2.24) is 0 Å². The topological polar surface area (TPSA) is 9.23 Å². The van der Waals surface area contributed by atoms with Crippen LogP contribution >= 0.6 is 31.9 Å². The van der Waals surface area contributed by atoms with Gasteiger partial charge in [0.05, 0.1) is 11.9 Å². The van der Waals surface area contributed by atoms with Crippen molar-refractivity contribution in [2.24, 2.45) is 0 Å².